The topological polar surface area (TPSA) is 76.2 Å². The van der Waals surface area contributed by atoms with Crippen molar-refractivity contribution in [3.63, 3.8) is 0 Å². The summed E-state index contributed by atoms with van der Waals surface area (Å²) in [6.07, 6.45) is -0.174. The molecule has 0 unspecified atom stereocenters. The Hall–Kier alpha value is -3.17. The number of hydrogen-bond acceptors (Lipinski definition) is 4. The van der Waals surface area contributed by atoms with Crippen molar-refractivity contribution in [1.82, 2.24) is 25.1 Å². The van der Waals surface area contributed by atoms with Gasteiger partial charge in [0.25, 0.3) is 0 Å². The predicted molar refractivity (Wildman–Crippen MR) is 134 cm³/mol. The summed E-state index contributed by atoms with van der Waals surface area (Å²) in [5.41, 5.74) is 1.62. The third kappa shape index (κ3) is 5.63. The molecule has 0 aliphatic carbocycles. The highest BCUT2D eigenvalue weighted by atomic mass is 35.5. The van der Waals surface area contributed by atoms with Gasteiger partial charge in [-0.1, -0.05) is 49.7 Å². The van der Waals surface area contributed by atoms with E-state index >= 15 is 0 Å². The van der Waals surface area contributed by atoms with Crippen LogP contribution in [0.4, 0.5) is 9.18 Å². The molecule has 2 fully saturated rings. The lowest BCUT2D eigenvalue weighted by atomic mass is 9.96. The highest BCUT2D eigenvalue weighted by Gasteiger charge is 2.50. The molecular weight excluding hydrogens is 485 g/mol. The van der Waals surface area contributed by atoms with Crippen LogP contribution in [0.1, 0.15) is 31.4 Å². The molecule has 2 heterocycles. The standard InChI is InChI=1S/C26H31ClFN5O3/c1-17(2)11-22-25(35)31(14-19-5-4-6-20(27)12-19)15-23-32(22)24(34)16-30(3)33(23)26(36)29-13-18-7-9-21(28)10-8-18/h4-10,12,17,22-23H,11,13-16H2,1-3H3,(H,29,36)/t22-,23-/m0/s1. The molecule has 2 aromatic carbocycles. The van der Waals surface area contributed by atoms with Gasteiger partial charge in [-0.15, -0.1) is 0 Å². The van der Waals surface area contributed by atoms with Crippen molar-refractivity contribution in [3.8, 4) is 0 Å². The Bertz CT molecular complexity index is 1130. The molecule has 0 spiro atoms. The van der Waals surface area contributed by atoms with Gasteiger partial charge in [-0.05, 0) is 47.7 Å². The Morgan fingerprint density at radius 3 is 2.53 bits per heavy atom. The molecule has 0 radical (unpaired) electrons. The molecule has 2 saturated heterocycles. The van der Waals surface area contributed by atoms with Gasteiger partial charge in [0.2, 0.25) is 11.8 Å². The Kier molecular flexibility index (Phi) is 7.80. The van der Waals surface area contributed by atoms with E-state index in [-0.39, 0.29) is 43.2 Å². The highest BCUT2D eigenvalue weighted by molar-refractivity contribution is 6.30. The molecule has 4 rings (SSSR count). The monoisotopic (exact) mass is 515 g/mol. The average Bonchev–Trinajstić information content (AvgIpc) is 2.81. The molecule has 10 heteroatoms. The van der Waals surface area contributed by atoms with E-state index in [1.807, 2.05) is 32.0 Å². The number of fused-ring (bicyclic) bond motifs is 1. The second-order valence-electron chi connectivity index (χ2n) is 9.72. The van der Waals surface area contributed by atoms with Gasteiger partial charge < -0.3 is 15.1 Å². The molecule has 2 aliphatic rings. The number of urea groups is 1. The molecule has 4 amide bonds. The average molecular weight is 516 g/mol. The van der Waals surface area contributed by atoms with Crippen LogP contribution in [0, 0.1) is 11.7 Å². The highest BCUT2D eigenvalue weighted by Crippen LogP contribution is 2.30. The van der Waals surface area contributed by atoms with Gasteiger partial charge >= 0.3 is 6.03 Å². The Labute approximate surface area is 215 Å². The van der Waals surface area contributed by atoms with Crippen LogP contribution in [0.15, 0.2) is 48.5 Å². The molecule has 1 N–H and O–H groups in total. The number of nitrogens with one attached hydrogen (secondary N) is 1. The maximum absolute atomic E-state index is 13.6. The zero-order chi connectivity index (χ0) is 26.0. The van der Waals surface area contributed by atoms with Crippen LogP contribution >= 0.6 is 11.6 Å². The zero-order valence-corrected chi connectivity index (χ0v) is 21.4. The fraction of sp³-hybridized carbons (Fsp3) is 0.423. The van der Waals surface area contributed by atoms with Gasteiger partial charge in [0.05, 0.1) is 13.1 Å². The van der Waals surface area contributed by atoms with E-state index in [2.05, 4.69) is 5.32 Å². The van der Waals surface area contributed by atoms with Crippen molar-refractivity contribution in [2.75, 3.05) is 20.1 Å². The number of carbonyl (C=O) groups excluding carboxylic acids is 3. The third-order valence-electron chi connectivity index (χ3n) is 6.46. The quantitative estimate of drug-likeness (QED) is 0.639. The molecular formula is C26H31ClFN5O3. The molecule has 0 bridgehead atoms. The van der Waals surface area contributed by atoms with Crippen molar-refractivity contribution in [2.45, 2.75) is 45.6 Å². The van der Waals surface area contributed by atoms with Crippen LogP contribution in [0.5, 0.6) is 0 Å². The maximum Gasteiger partial charge on any atom is 0.334 e. The minimum Gasteiger partial charge on any atom is -0.333 e. The summed E-state index contributed by atoms with van der Waals surface area (Å²) in [7, 11) is 1.68. The lowest BCUT2D eigenvalue weighted by Crippen LogP contribution is -2.75. The number of benzene rings is 2. The van der Waals surface area contributed by atoms with Crippen LogP contribution in [-0.4, -0.2) is 70.0 Å². The summed E-state index contributed by atoms with van der Waals surface area (Å²) in [6.45, 7) is 4.68. The zero-order valence-electron chi connectivity index (χ0n) is 20.7. The SMILES string of the molecule is CC(C)C[C@H]1C(=O)N(Cc2cccc(Cl)c2)C[C@H]2N1C(=O)CN(C)N2C(=O)NCc1ccc(F)cc1. The van der Waals surface area contributed by atoms with E-state index in [1.165, 1.54) is 17.1 Å². The minimum atomic E-state index is -0.670. The Morgan fingerprint density at radius 1 is 1.14 bits per heavy atom. The molecule has 0 aromatic heterocycles. The second kappa shape index (κ2) is 10.8. The number of rotatable bonds is 6. The van der Waals surface area contributed by atoms with Crippen LogP contribution < -0.4 is 5.32 Å². The Morgan fingerprint density at radius 2 is 1.86 bits per heavy atom. The summed E-state index contributed by atoms with van der Waals surface area (Å²) in [4.78, 5) is 43.4. The number of likely N-dealkylation sites (N-methyl/N-ethyl adjacent to an activating group) is 1. The summed E-state index contributed by atoms with van der Waals surface area (Å²) in [5, 5.41) is 6.54. The van der Waals surface area contributed by atoms with Crippen molar-refractivity contribution in [3.05, 3.63) is 70.5 Å². The maximum atomic E-state index is 13.6. The first-order valence-electron chi connectivity index (χ1n) is 12.0. The molecule has 36 heavy (non-hydrogen) atoms. The smallest absolute Gasteiger partial charge is 0.333 e. The molecule has 2 atom stereocenters. The van der Waals surface area contributed by atoms with Crippen molar-refractivity contribution in [2.24, 2.45) is 5.92 Å². The fourth-order valence-corrected chi connectivity index (χ4v) is 5.05. The lowest BCUT2D eigenvalue weighted by Gasteiger charge is -2.54. The van der Waals surface area contributed by atoms with Gasteiger partial charge in [0.1, 0.15) is 18.0 Å². The summed E-state index contributed by atoms with van der Waals surface area (Å²) in [5.74, 6) is -0.507. The van der Waals surface area contributed by atoms with E-state index in [0.717, 1.165) is 11.1 Å². The van der Waals surface area contributed by atoms with E-state index in [1.54, 1.807) is 40.1 Å². The van der Waals surface area contributed by atoms with Gasteiger partial charge in [-0.2, -0.15) is 0 Å². The predicted octanol–water partition coefficient (Wildman–Crippen LogP) is 3.46. The first kappa shape index (κ1) is 25.9. The molecule has 192 valence electrons. The minimum absolute atomic E-state index is 0.0172. The summed E-state index contributed by atoms with van der Waals surface area (Å²) < 4.78 is 13.2. The number of carbonyl (C=O) groups is 3. The summed E-state index contributed by atoms with van der Waals surface area (Å²) in [6, 6.07) is 12.1. The van der Waals surface area contributed by atoms with Crippen molar-refractivity contribution in [1.29, 1.82) is 0 Å². The van der Waals surface area contributed by atoms with E-state index in [4.69, 9.17) is 11.6 Å². The first-order chi connectivity index (χ1) is 17.1. The van der Waals surface area contributed by atoms with Gasteiger partial charge in [-0.3, -0.25) is 9.59 Å². The first-order valence-corrected chi connectivity index (χ1v) is 12.4. The lowest BCUT2D eigenvalue weighted by molar-refractivity contribution is -0.188. The van der Waals surface area contributed by atoms with Crippen LogP contribution in [-0.2, 0) is 22.7 Å². The van der Waals surface area contributed by atoms with Gasteiger partial charge in [0, 0.05) is 25.2 Å². The normalized spacial score (nSPS) is 20.7. The molecule has 2 aromatic rings. The van der Waals surface area contributed by atoms with E-state index in [0.29, 0.717) is 18.0 Å². The number of nitrogens with zero attached hydrogens (tertiary/aromatic N) is 4. The fourth-order valence-electron chi connectivity index (χ4n) is 4.84. The Balaban J connectivity index is 1.60. The number of hydrogen-bond donors (Lipinski definition) is 1. The third-order valence-corrected chi connectivity index (χ3v) is 6.70. The van der Waals surface area contributed by atoms with Gasteiger partial charge in [-0.25, -0.2) is 19.2 Å². The largest absolute Gasteiger partial charge is 0.334 e. The van der Waals surface area contributed by atoms with Crippen LogP contribution in [0.25, 0.3) is 0 Å². The number of piperazine rings is 1. The summed E-state index contributed by atoms with van der Waals surface area (Å²) >= 11 is 6.16. The number of halogens is 2. The van der Waals surface area contributed by atoms with Gasteiger partial charge in [0.15, 0.2) is 0 Å². The van der Waals surface area contributed by atoms with Crippen LogP contribution in [0.3, 0.4) is 0 Å². The van der Waals surface area contributed by atoms with Crippen molar-refractivity contribution < 1.29 is 18.8 Å². The van der Waals surface area contributed by atoms with E-state index in [9.17, 15) is 18.8 Å². The second-order valence-corrected chi connectivity index (χ2v) is 10.2. The molecule has 2 aliphatic heterocycles. The van der Waals surface area contributed by atoms with Crippen molar-refractivity contribution >= 4 is 29.4 Å². The molecule has 0 saturated carbocycles. The number of hydrazine groups is 1. The molecule has 8 nitrogen and oxygen atoms in total. The van der Waals surface area contributed by atoms with E-state index < -0.39 is 18.2 Å². The number of amides is 4. The van der Waals surface area contributed by atoms with Crippen LogP contribution in [0.2, 0.25) is 5.02 Å².